The smallest absolute Gasteiger partial charge is 0.226 e. The molecular weight excluding hydrogens is 250 g/mol. The van der Waals surface area contributed by atoms with E-state index in [0.29, 0.717) is 6.42 Å². The van der Waals surface area contributed by atoms with Crippen LogP contribution in [-0.4, -0.2) is 18.6 Å². The van der Waals surface area contributed by atoms with Crippen molar-refractivity contribution in [2.45, 2.75) is 37.7 Å². The first-order chi connectivity index (χ1) is 8.66. The van der Waals surface area contributed by atoms with Crippen molar-refractivity contribution in [3.8, 4) is 0 Å². The highest BCUT2D eigenvalue weighted by Crippen LogP contribution is 2.27. The van der Waals surface area contributed by atoms with Crippen molar-refractivity contribution in [2.75, 3.05) is 11.9 Å². The van der Waals surface area contributed by atoms with Gasteiger partial charge in [-0.25, -0.2) is 0 Å². The van der Waals surface area contributed by atoms with Crippen LogP contribution in [0.3, 0.4) is 0 Å². The van der Waals surface area contributed by atoms with Crippen LogP contribution in [0, 0.1) is 0 Å². The zero-order chi connectivity index (χ0) is 13.0. The van der Waals surface area contributed by atoms with Gasteiger partial charge in [-0.05, 0) is 31.4 Å². The van der Waals surface area contributed by atoms with Gasteiger partial charge in [-0.3, -0.25) is 4.79 Å². The summed E-state index contributed by atoms with van der Waals surface area (Å²) in [5, 5.41) is 2.79. The number of hydrogen-bond acceptors (Lipinski definition) is 2. The summed E-state index contributed by atoms with van der Waals surface area (Å²) >= 11 is 6.09. The van der Waals surface area contributed by atoms with E-state index < -0.39 is 0 Å². The number of benzene rings is 1. The number of hydrogen-bond donors (Lipinski definition) is 1. The van der Waals surface area contributed by atoms with E-state index in [-0.39, 0.29) is 17.4 Å². The van der Waals surface area contributed by atoms with Crippen molar-refractivity contribution < 1.29 is 9.53 Å². The summed E-state index contributed by atoms with van der Waals surface area (Å²) in [4.78, 5) is 11.9. The molecule has 1 aliphatic rings. The number of ether oxygens (including phenoxy) is 1. The number of para-hydroxylation sites is 1. The molecule has 18 heavy (non-hydrogen) atoms. The van der Waals surface area contributed by atoms with Crippen molar-refractivity contribution in [2.24, 2.45) is 0 Å². The summed E-state index contributed by atoms with van der Waals surface area (Å²) in [6.45, 7) is 2.67. The second-order valence-corrected chi connectivity index (χ2v) is 5.25. The van der Waals surface area contributed by atoms with E-state index >= 15 is 0 Å². The van der Waals surface area contributed by atoms with E-state index in [1.165, 1.54) is 0 Å². The van der Waals surface area contributed by atoms with E-state index in [0.717, 1.165) is 30.7 Å². The zero-order valence-corrected chi connectivity index (χ0v) is 11.2. The number of anilines is 1. The summed E-state index contributed by atoms with van der Waals surface area (Å²) in [5.41, 5.74) is 1.74. The van der Waals surface area contributed by atoms with Gasteiger partial charge in [0.2, 0.25) is 5.91 Å². The fraction of sp³-hybridized carbons (Fsp3) is 0.500. The first kappa shape index (κ1) is 13.4. The van der Waals surface area contributed by atoms with Crippen LogP contribution in [0.15, 0.2) is 24.3 Å². The quantitative estimate of drug-likeness (QED) is 0.848. The maximum absolute atomic E-state index is 11.9. The Kier molecular flexibility index (Phi) is 4.61. The monoisotopic (exact) mass is 267 g/mol. The van der Waals surface area contributed by atoms with Crippen LogP contribution in [0.5, 0.6) is 0 Å². The number of nitrogens with one attached hydrogen (secondary N) is 1. The van der Waals surface area contributed by atoms with Gasteiger partial charge in [-0.1, -0.05) is 18.2 Å². The van der Waals surface area contributed by atoms with Crippen LogP contribution in [-0.2, 0) is 9.53 Å². The molecule has 2 atom stereocenters. The van der Waals surface area contributed by atoms with Crippen LogP contribution < -0.4 is 5.32 Å². The van der Waals surface area contributed by atoms with E-state index in [1.54, 1.807) is 0 Å². The Labute approximate surface area is 112 Å². The van der Waals surface area contributed by atoms with E-state index in [4.69, 9.17) is 16.3 Å². The van der Waals surface area contributed by atoms with Crippen molar-refractivity contribution in [3.05, 3.63) is 29.8 Å². The molecular formula is C14H18ClNO2. The molecule has 0 spiro atoms. The molecule has 1 aromatic carbocycles. The Morgan fingerprint density at radius 1 is 1.56 bits per heavy atom. The molecule has 1 aromatic rings. The van der Waals surface area contributed by atoms with Crippen LogP contribution in [0.25, 0.3) is 0 Å². The fourth-order valence-corrected chi connectivity index (χ4v) is 2.36. The summed E-state index contributed by atoms with van der Waals surface area (Å²) in [7, 11) is 0. The molecule has 0 bridgehead atoms. The molecule has 3 nitrogen and oxygen atoms in total. The van der Waals surface area contributed by atoms with E-state index in [1.807, 2.05) is 31.2 Å². The maximum Gasteiger partial charge on any atom is 0.226 e. The lowest BCUT2D eigenvalue weighted by Gasteiger charge is -2.14. The van der Waals surface area contributed by atoms with Crippen LogP contribution in [0.1, 0.15) is 37.1 Å². The first-order valence-corrected chi connectivity index (χ1v) is 6.75. The normalized spacial score (nSPS) is 20.7. The van der Waals surface area contributed by atoms with Crippen LogP contribution in [0.4, 0.5) is 5.69 Å². The molecule has 1 heterocycles. The van der Waals surface area contributed by atoms with Crippen molar-refractivity contribution >= 4 is 23.2 Å². The largest absolute Gasteiger partial charge is 0.378 e. The van der Waals surface area contributed by atoms with Crippen molar-refractivity contribution in [1.29, 1.82) is 0 Å². The van der Waals surface area contributed by atoms with Crippen molar-refractivity contribution in [1.82, 2.24) is 0 Å². The highest BCUT2D eigenvalue weighted by atomic mass is 35.5. The van der Waals surface area contributed by atoms with Gasteiger partial charge in [0, 0.05) is 12.3 Å². The molecule has 1 fully saturated rings. The Bertz CT molecular complexity index is 414. The van der Waals surface area contributed by atoms with E-state index in [9.17, 15) is 4.79 Å². The number of rotatable bonds is 4. The summed E-state index contributed by atoms with van der Waals surface area (Å²) < 4.78 is 5.45. The minimum absolute atomic E-state index is 0.00772. The van der Waals surface area contributed by atoms with Crippen molar-refractivity contribution in [3.63, 3.8) is 0 Å². The number of amides is 1. The van der Waals surface area contributed by atoms with Crippen LogP contribution in [0.2, 0.25) is 0 Å². The van der Waals surface area contributed by atoms with Crippen LogP contribution >= 0.6 is 11.6 Å². The topological polar surface area (TPSA) is 38.3 Å². The Morgan fingerprint density at radius 2 is 2.33 bits per heavy atom. The average molecular weight is 268 g/mol. The third kappa shape index (κ3) is 3.47. The molecule has 1 N–H and O–H groups in total. The van der Waals surface area contributed by atoms with Gasteiger partial charge in [0.1, 0.15) is 0 Å². The number of carbonyl (C=O) groups excluding carboxylic acids is 1. The van der Waals surface area contributed by atoms with Gasteiger partial charge in [0.05, 0.1) is 17.9 Å². The molecule has 2 rings (SSSR count). The van der Waals surface area contributed by atoms with Gasteiger partial charge >= 0.3 is 0 Å². The fourth-order valence-electron chi connectivity index (χ4n) is 2.17. The third-order valence-corrected chi connectivity index (χ3v) is 3.34. The minimum Gasteiger partial charge on any atom is -0.378 e. The highest BCUT2D eigenvalue weighted by Gasteiger charge is 2.19. The predicted molar refractivity (Wildman–Crippen MR) is 72.9 cm³/mol. The molecule has 4 heteroatoms. The molecule has 0 aromatic heterocycles. The van der Waals surface area contributed by atoms with Gasteiger partial charge < -0.3 is 10.1 Å². The van der Waals surface area contributed by atoms with Gasteiger partial charge in [0.15, 0.2) is 0 Å². The number of halogens is 1. The second kappa shape index (κ2) is 6.21. The lowest BCUT2D eigenvalue weighted by atomic mass is 10.1. The van der Waals surface area contributed by atoms with Gasteiger partial charge in [-0.2, -0.15) is 0 Å². The predicted octanol–water partition coefficient (Wildman–Crippen LogP) is 3.49. The standard InChI is InChI=1S/C14H18ClNO2/c1-10(15)12-6-2-3-7-13(12)16-14(17)9-11-5-4-8-18-11/h2-3,6-7,10-11H,4-5,8-9H2,1H3,(H,16,17). The molecule has 0 saturated carbocycles. The third-order valence-electron chi connectivity index (χ3n) is 3.10. The minimum atomic E-state index is -0.121. The SMILES string of the molecule is CC(Cl)c1ccccc1NC(=O)CC1CCCO1. The Morgan fingerprint density at radius 3 is 3.00 bits per heavy atom. The Balaban J connectivity index is 1.97. The molecule has 0 aliphatic carbocycles. The summed E-state index contributed by atoms with van der Waals surface area (Å²) in [6.07, 6.45) is 2.52. The second-order valence-electron chi connectivity index (χ2n) is 4.59. The lowest BCUT2D eigenvalue weighted by molar-refractivity contribution is -0.118. The average Bonchev–Trinajstić information content (AvgIpc) is 2.82. The molecule has 98 valence electrons. The number of carbonyl (C=O) groups is 1. The lowest BCUT2D eigenvalue weighted by Crippen LogP contribution is -2.19. The van der Waals surface area contributed by atoms with E-state index in [2.05, 4.69) is 5.32 Å². The molecule has 0 radical (unpaired) electrons. The maximum atomic E-state index is 11.9. The Hall–Kier alpha value is -1.06. The first-order valence-electron chi connectivity index (χ1n) is 6.31. The zero-order valence-electron chi connectivity index (χ0n) is 10.5. The number of alkyl halides is 1. The molecule has 2 unspecified atom stereocenters. The molecule has 1 aliphatic heterocycles. The molecule has 1 saturated heterocycles. The van der Waals surface area contributed by atoms with Gasteiger partial charge in [0.25, 0.3) is 0 Å². The highest BCUT2D eigenvalue weighted by molar-refractivity contribution is 6.21. The summed E-state index contributed by atoms with van der Waals surface area (Å²) in [5.74, 6) is -0.00772. The van der Waals surface area contributed by atoms with Gasteiger partial charge in [-0.15, -0.1) is 11.6 Å². The molecule has 1 amide bonds. The summed E-state index contributed by atoms with van der Waals surface area (Å²) in [6, 6.07) is 7.62.